The Kier molecular flexibility index (Phi) is 6.84. The molecule has 120 valence electrons. The van der Waals surface area contributed by atoms with Gasteiger partial charge in [0.05, 0.1) is 27.3 Å². The number of benzene rings is 1. The fourth-order valence-electron chi connectivity index (χ4n) is 1.63. The van der Waals surface area contributed by atoms with Crippen LogP contribution in [0, 0.1) is 0 Å². The van der Waals surface area contributed by atoms with Crippen molar-refractivity contribution in [1.29, 1.82) is 0 Å². The topological polar surface area (TPSA) is 97.0 Å². The lowest BCUT2D eigenvalue weighted by Gasteiger charge is -2.15. The summed E-state index contributed by atoms with van der Waals surface area (Å²) in [7, 11) is 4.31. The lowest BCUT2D eigenvalue weighted by Crippen LogP contribution is -2.41. The normalized spacial score (nSPS) is 10.0. The number of alkyl carbamates (subject to hydrolysis) is 1. The Bertz CT molecular complexity index is 530. The minimum atomic E-state index is -0.832. The van der Waals surface area contributed by atoms with Gasteiger partial charge >= 0.3 is 6.09 Å². The summed E-state index contributed by atoms with van der Waals surface area (Å²) in [5.74, 6) is -0.139. The number of nitrogens with one attached hydrogen (secondary N) is 2. The van der Waals surface area contributed by atoms with Crippen LogP contribution < -0.4 is 15.4 Å². The van der Waals surface area contributed by atoms with E-state index in [2.05, 4.69) is 10.1 Å². The van der Waals surface area contributed by atoms with Crippen molar-refractivity contribution in [3.8, 4) is 5.75 Å². The van der Waals surface area contributed by atoms with Crippen LogP contribution in [0.5, 0.6) is 5.75 Å². The lowest BCUT2D eigenvalue weighted by atomic mass is 10.3. The van der Waals surface area contributed by atoms with Crippen LogP contribution in [-0.2, 0) is 14.3 Å². The van der Waals surface area contributed by atoms with Gasteiger partial charge in [0.1, 0.15) is 5.75 Å². The second kappa shape index (κ2) is 8.63. The van der Waals surface area contributed by atoms with Gasteiger partial charge in [-0.15, -0.1) is 0 Å². The molecule has 8 nitrogen and oxygen atoms in total. The summed E-state index contributed by atoms with van der Waals surface area (Å²) < 4.78 is 9.32. The molecular formula is C14H19N3O5. The molecule has 0 spiro atoms. The van der Waals surface area contributed by atoms with Crippen molar-refractivity contribution in [1.82, 2.24) is 10.2 Å². The van der Waals surface area contributed by atoms with Crippen LogP contribution in [0.1, 0.15) is 0 Å². The Balaban J connectivity index is 2.40. The zero-order chi connectivity index (χ0) is 16.5. The van der Waals surface area contributed by atoms with Crippen LogP contribution in [0.4, 0.5) is 10.5 Å². The first-order valence-electron chi connectivity index (χ1n) is 6.45. The van der Waals surface area contributed by atoms with Gasteiger partial charge in [-0.1, -0.05) is 0 Å². The quantitative estimate of drug-likeness (QED) is 0.792. The molecule has 1 aromatic rings. The molecule has 0 unspecified atom stereocenters. The molecule has 3 amide bonds. The van der Waals surface area contributed by atoms with Crippen LogP contribution in [-0.4, -0.2) is 57.2 Å². The van der Waals surface area contributed by atoms with Gasteiger partial charge in [-0.3, -0.25) is 19.8 Å². The zero-order valence-corrected chi connectivity index (χ0v) is 12.7. The fraction of sp³-hybridized carbons (Fsp3) is 0.357. The predicted octanol–water partition coefficient (Wildman–Crippen LogP) is 0.448. The largest absolute Gasteiger partial charge is 0.497 e. The Labute approximate surface area is 128 Å². The SMILES string of the molecule is COC(=O)NC(=O)CN(C)CC(=O)Nc1ccc(OC)cc1. The highest BCUT2D eigenvalue weighted by atomic mass is 16.5. The van der Waals surface area contributed by atoms with E-state index in [4.69, 9.17) is 4.74 Å². The third-order valence-corrected chi connectivity index (χ3v) is 2.63. The number of likely N-dealkylation sites (N-methyl/N-ethyl adjacent to an activating group) is 1. The van der Waals surface area contributed by atoms with Gasteiger partial charge in [0.15, 0.2) is 0 Å². The molecule has 1 rings (SSSR count). The molecule has 0 fully saturated rings. The maximum Gasteiger partial charge on any atom is 0.413 e. The van der Waals surface area contributed by atoms with E-state index in [1.165, 1.54) is 4.90 Å². The number of rotatable bonds is 6. The van der Waals surface area contributed by atoms with Gasteiger partial charge in [0.2, 0.25) is 11.8 Å². The summed E-state index contributed by atoms with van der Waals surface area (Å²) in [6.45, 7) is -0.105. The number of carbonyl (C=O) groups is 3. The van der Waals surface area contributed by atoms with Crippen molar-refractivity contribution in [2.24, 2.45) is 0 Å². The van der Waals surface area contributed by atoms with E-state index in [1.54, 1.807) is 38.4 Å². The molecule has 0 heterocycles. The van der Waals surface area contributed by atoms with Crippen LogP contribution in [0.25, 0.3) is 0 Å². The third kappa shape index (κ3) is 6.23. The molecular weight excluding hydrogens is 290 g/mol. The van der Waals surface area contributed by atoms with Crippen molar-refractivity contribution in [3.05, 3.63) is 24.3 Å². The number of ether oxygens (including phenoxy) is 2. The molecule has 0 bridgehead atoms. The van der Waals surface area contributed by atoms with Crippen LogP contribution in [0.3, 0.4) is 0 Å². The van der Waals surface area contributed by atoms with Gasteiger partial charge in [-0.2, -0.15) is 0 Å². The van der Waals surface area contributed by atoms with Crippen LogP contribution in [0.15, 0.2) is 24.3 Å². The van der Waals surface area contributed by atoms with E-state index >= 15 is 0 Å². The molecule has 0 aromatic heterocycles. The molecule has 0 aliphatic rings. The van der Waals surface area contributed by atoms with E-state index in [0.717, 1.165) is 7.11 Å². The number of nitrogens with zero attached hydrogens (tertiary/aromatic N) is 1. The minimum Gasteiger partial charge on any atom is -0.497 e. The number of imide groups is 1. The molecule has 1 aromatic carbocycles. The van der Waals surface area contributed by atoms with Crippen molar-refractivity contribution in [2.45, 2.75) is 0 Å². The summed E-state index contributed by atoms with van der Waals surface area (Å²) in [4.78, 5) is 35.6. The smallest absolute Gasteiger partial charge is 0.413 e. The number of carbonyl (C=O) groups excluding carboxylic acids is 3. The maximum absolute atomic E-state index is 11.8. The summed E-state index contributed by atoms with van der Waals surface area (Å²) in [6.07, 6.45) is -0.832. The molecule has 0 saturated carbocycles. The summed E-state index contributed by atoms with van der Waals surface area (Å²) in [6, 6.07) is 6.87. The Morgan fingerprint density at radius 1 is 1.05 bits per heavy atom. The monoisotopic (exact) mass is 309 g/mol. The van der Waals surface area contributed by atoms with Gasteiger partial charge < -0.3 is 14.8 Å². The highest BCUT2D eigenvalue weighted by Crippen LogP contribution is 2.14. The van der Waals surface area contributed by atoms with E-state index in [1.807, 2.05) is 5.32 Å². The summed E-state index contributed by atoms with van der Waals surface area (Å²) >= 11 is 0. The molecule has 0 radical (unpaired) electrons. The molecule has 0 saturated heterocycles. The Hall–Kier alpha value is -2.61. The molecule has 22 heavy (non-hydrogen) atoms. The van der Waals surface area contributed by atoms with E-state index in [-0.39, 0.29) is 19.0 Å². The van der Waals surface area contributed by atoms with E-state index in [0.29, 0.717) is 11.4 Å². The number of amides is 3. The highest BCUT2D eigenvalue weighted by Gasteiger charge is 2.13. The van der Waals surface area contributed by atoms with Gasteiger partial charge in [0, 0.05) is 5.69 Å². The van der Waals surface area contributed by atoms with E-state index in [9.17, 15) is 14.4 Å². The van der Waals surface area contributed by atoms with Crippen molar-refractivity contribution in [3.63, 3.8) is 0 Å². The van der Waals surface area contributed by atoms with Gasteiger partial charge in [-0.25, -0.2) is 4.79 Å². The number of anilines is 1. The first-order chi connectivity index (χ1) is 10.4. The van der Waals surface area contributed by atoms with Crippen molar-refractivity contribution >= 4 is 23.6 Å². The van der Waals surface area contributed by atoms with Crippen LogP contribution >= 0.6 is 0 Å². The molecule has 2 N–H and O–H groups in total. The maximum atomic E-state index is 11.8. The molecule has 8 heteroatoms. The fourth-order valence-corrected chi connectivity index (χ4v) is 1.63. The lowest BCUT2D eigenvalue weighted by molar-refractivity contribution is -0.122. The second-order valence-electron chi connectivity index (χ2n) is 4.49. The molecule has 0 atom stereocenters. The van der Waals surface area contributed by atoms with Gasteiger partial charge in [0.25, 0.3) is 0 Å². The number of methoxy groups -OCH3 is 2. The Morgan fingerprint density at radius 3 is 2.18 bits per heavy atom. The molecule has 0 aliphatic heterocycles. The number of hydrogen-bond acceptors (Lipinski definition) is 6. The molecule has 0 aliphatic carbocycles. The average Bonchev–Trinajstić information content (AvgIpc) is 2.47. The zero-order valence-electron chi connectivity index (χ0n) is 12.7. The average molecular weight is 309 g/mol. The summed E-state index contributed by atoms with van der Waals surface area (Å²) in [5.41, 5.74) is 0.623. The standard InChI is InChI=1S/C14H19N3O5/c1-17(9-13(19)16-14(20)22-3)8-12(18)15-10-4-6-11(21-2)7-5-10/h4-7H,8-9H2,1-3H3,(H,15,18)(H,16,19,20). The minimum absolute atomic E-state index is 0.000617. The number of hydrogen-bond donors (Lipinski definition) is 2. The third-order valence-electron chi connectivity index (χ3n) is 2.63. The van der Waals surface area contributed by atoms with E-state index < -0.39 is 12.0 Å². The van der Waals surface area contributed by atoms with Crippen molar-refractivity contribution in [2.75, 3.05) is 39.7 Å². The first kappa shape index (κ1) is 17.4. The summed E-state index contributed by atoms with van der Waals surface area (Å²) in [5, 5.41) is 4.70. The highest BCUT2D eigenvalue weighted by molar-refractivity contribution is 5.94. The second-order valence-corrected chi connectivity index (χ2v) is 4.49. The Morgan fingerprint density at radius 2 is 1.64 bits per heavy atom. The van der Waals surface area contributed by atoms with Crippen LogP contribution in [0.2, 0.25) is 0 Å². The first-order valence-corrected chi connectivity index (χ1v) is 6.45. The van der Waals surface area contributed by atoms with Crippen molar-refractivity contribution < 1.29 is 23.9 Å². The van der Waals surface area contributed by atoms with Gasteiger partial charge in [-0.05, 0) is 31.3 Å². The predicted molar refractivity (Wildman–Crippen MR) is 79.7 cm³/mol.